The van der Waals surface area contributed by atoms with E-state index in [9.17, 15) is 4.79 Å². The Bertz CT molecular complexity index is 890. The first-order valence-corrected chi connectivity index (χ1v) is 8.55. The fourth-order valence-electron chi connectivity index (χ4n) is 3.30. The zero-order valence-electron chi connectivity index (χ0n) is 14.1. The Labute approximate surface area is 145 Å². The number of carbonyl (C=O) groups excluding carboxylic acids is 1. The van der Waals surface area contributed by atoms with Gasteiger partial charge in [-0.25, -0.2) is 9.36 Å². The smallest absolute Gasteiger partial charge is 0.279 e. The summed E-state index contributed by atoms with van der Waals surface area (Å²) in [4.78, 5) is 12.5. The van der Waals surface area contributed by atoms with Crippen molar-refractivity contribution < 1.29 is 4.79 Å². The molecule has 7 heteroatoms. The molecular formula is C18H20N6O. The van der Waals surface area contributed by atoms with E-state index in [1.165, 1.54) is 12.8 Å². The molecule has 1 N–H and O–H groups in total. The van der Waals surface area contributed by atoms with Crippen LogP contribution in [0.4, 0.5) is 5.82 Å². The van der Waals surface area contributed by atoms with Gasteiger partial charge in [0.15, 0.2) is 5.69 Å². The Balaban J connectivity index is 1.52. The van der Waals surface area contributed by atoms with Crippen molar-refractivity contribution in [2.75, 3.05) is 5.32 Å². The lowest BCUT2D eigenvalue weighted by Crippen LogP contribution is -2.18. The number of benzene rings is 1. The Morgan fingerprint density at radius 1 is 1.24 bits per heavy atom. The molecule has 2 aromatic heterocycles. The van der Waals surface area contributed by atoms with E-state index in [0.29, 0.717) is 11.9 Å². The summed E-state index contributed by atoms with van der Waals surface area (Å²) in [6.07, 6.45) is 7.99. The van der Waals surface area contributed by atoms with Crippen molar-refractivity contribution in [3.63, 3.8) is 0 Å². The quantitative estimate of drug-likeness (QED) is 0.794. The van der Waals surface area contributed by atoms with Crippen molar-refractivity contribution in [1.82, 2.24) is 24.8 Å². The highest BCUT2D eigenvalue weighted by atomic mass is 16.2. The van der Waals surface area contributed by atoms with E-state index in [-0.39, 0.29) is 11.6 Å². The molecule has 1 amide bonds. The molecule has 0 spiro atoms. The van der Waals surface area contributed by atoms with Crippen molar-refractivity contribution in [3.8, 4) is 5.69 Å². The van der Waals surface area contributed by atoms with E-state index in [1.54, 1.807) is 17.1 Å². The number of aryl methyl sites for hydroxylation is 1. The topological polar surface area (TPSA) is 77.6 Å². The third-order valence-electron chi connectivity index (χ3n) is 4.57. The molecular weight excluding hydrogens is 316 g/mol. The molecule has 25 heavy (non-hydrogen) atoms. The number of aromatic nitrogens is 5. The Morgan fingerprint density at radius 3 is 2.88 bits per heavy atom. The Morgan fingerprint density at radius 2 is 2.08 bits per heavy atom. The fraction of sp³-hybridized carbons (Fsp3) is 0.333. The van der Waals surface area contributed by atoms with Crippen LogP contribution in [-0.4, -0.2) is 30.7 Å². The van der Waals surface area contributed by atoms with Crippen LogP contribution in [0.1, 0.15) is 47.8 Å². The van der Waals surface area contributed by atoms with Gasteiger partial charge in [-0.05, 0) is 37.5 Å². The van der Waals surface area contributed by atoms with E-state index < -0.39 is 0 Å². The van der Waals surface area contributed by atoms with Gasteiger partial charge in [0, 0.05) is 6.07 Å². The lowest BCUT2D eigenvalue weighted by atomic mass is 10.2. The normalized spacial score (nSPS) is 14.8. The Kier molecular flexibility index (Phi) is 4.05. The number of nitrogens with one attached hydrogen (secondary N) is 1. The van der Waals surface area contributed by atoms with Crippen molar-refractivity contribution >= 4 is 11.7 Å². The number of nitrogens with zero attached hydrogens (tertiary/aromatic N) is 5. The van der Waals surface area contributed by atoms with Crippen LogP contribution in [0.5, 0.6) is 0 Å². The molecule has 7 nitrogen and oxygen atoms in total. The molecule has 1 saturated carbocycles. The third-order valence-corrected chi connectivity index (χ3v) is 4.57. The van der Waals surface area contributed by atoms with Crippen LogP contribution in [0.25, 0.3) is 5.69 Å². The lowest BCUT2D eigenvalue weighted by Gasteiger charge is -2.14. The van der Waals surface area contributed by atoms with Crippen LogP contribution in [0, 0.1) is 6.92 Å². The largest absolute Gasteiger partial charge is 0.305 e. The second-order valence-corrected chi connectivity index (χ2v) is 6.44. The maximum Gasteiger partial charge on any atom is 0.279 e. The number of rotatable bonds is 4. The predicted molar refractivity (Wildman–Crippen MR) is 93.8 cm³/mol. The van der Waals surface area contributed by atoms with Crippen molar-refractivity contribution in [3.05, 3.63) is 54.0 Å². The number of hydrogen-bond donors (Lipinski definition) is 1. The second-order valence-electron chi connectivity index (χ2n) is 6.44. The highest BCUT2D eigenvalue weighted by Crippen LogP contribution is 2.31. The van der Waals surface area contributed by atoms with Crippen molar-refractivity contribution in [2.24, 2.45) is 0 Å². The number of hydrogen-bond acceptors (Lipinski definition) is 4. The number of anilines is 1. The van der Waals surface area contributed by atoms with Crippen LogP contribution in [0.3, 0.4) is 0 Å². The minimum absolute atomic E-state index is 0.278. The average molecular weight is 336 g/mol. The summed E-state index contributed by atoms with van der Waals surface area (Å²) in [6.45, 7) is 2.01. The average Bonchev–Trinajstić information content (AvgIpc) is 3.35. The van der Waals surface area contributed by atoms with Gasteiger partial charge in [-0.3, -0.25) is 4.79 Å². The van der Waals surface area contributed by atoms with Crippen LogP contribution >= 0.6 is 0 Å². The standard InChI is InChI=1S/C18H20N6O/c1-13-5-4-8-15(11-13)23-12-16(21-22-23)18(25)20-17-9-10-19-24(17)14-6-2-3-7-14/h4-5,8-12,14H,2-3,6-7H2,1H3,(H,20,25). The molecule has 128 valence electrons. The highest BCUT2D eigenvalue weighted by molar-refractivity contribution is 6.02. The van der Waals surface area contributed by atoms with Crippen LogP contribution in [0.2, 0.25) is 0 Å². The van der Waals surface area contributed by atoms with Crippen molar-refractivity contribution in [1.29, 1.82) is 0 Å². The first-order chi connectivity index (χ1) is 12.2. The maximum absolute atomic E-state index is 12.5. The highest BCUT2D eigenvalue weighted by Gasteiger charge is 2.21. The summed E-state index contributed by atoms with van der Waals surface area (Å²) in [5, 5.41) is 15.3. The van der Waals surface area contributed by atoms with E-state index in [0.717, 1.165) is 24.1 Å². The predicted octanol–water partition coefficient (Wildman–Crippen LogP) is 3.14. The SMILES string of the molecule is Cc1cccc(-n2cc(C(=O)Nc3ccnn3C3CCCC3)nn2)c1. The molecule has 2 heterocycles. The maximum atomic E-state index is 12.5. The van der Waals surface area contributed by atoms with Gasteiger partial charge in [-0.15, -0.1) is 5.10 Å². The van der Waals surface area contributed by atoms with E-state index in [2.05, 4.69) is 20.7 Å². The Hall–Kier alpha value is -2.96. The van der Waals surface area contributed by atoms with Crippen molar-refractivity contribution in [2.45, 2.75) is 38.6 Å². The van der Waals surface area contributed by atoms with Gasteiger partial charge in [0.1, 0.15) is 5.82 Å². The molecule has 0 bridgehead atoms. The third kappa shape index (κ3) is 3.17. The molecule has 1 aliphatic rings. The monoisotopic (exact) mass is 336 g/mol. The number of carbonyl (C=O) groups is 1. The molecule has 0 radical (unpaired) electrons. The summed E-state index contributed by atoms with van der Waals surface area (Å²) in [6, 6.07) is 10.1. The molecule has 0 aliphatic heterocycles. The summed E-state index contributed by atoms with van der Waals surface area (Å²) in [5.74, 6) is 0.431. The zero-order valence-corrected chi connectivity index (χ0v) is 14.1. The van der Waals surface area contributed by atoms with Gasteiger partial charge < -0.3 is 5.32 Å². The van der Waals surface area contributed by atoms with Gasteiger partial charge in [0.2, 0.25) is 0 Å². The fourth-order valence-corrected chi connectivity index (χ4v) is 3.30. The van der Waals surface area contributed by atoms with Gasteiger partial charge >= 0.3 is 0 Å². The van der Waals surface area contributed by atoms with E-state index in [4.69, 9.17) is 0 Å². The van der Waals surface area contributed by atoms with Crippen LogP contribution in [-0.2, 0) is 0 Å². The number of amides is 1. The lowest BCUT2D eigenvalue weighted by molar-refractivity contribution is 0.102. The molecule has 0 unspecified atom stereocenters. The first kappa shape index (κ1) is 15.6. The first-order valence-electron chi connectivity index (χ1n) is 8.55. The van der Waals surface area contributed by atoms with Gasteiger partial charge in [0.25, 0.3) is 5.91 Å². The molecule has 4 rings (SSSR count). The molecule has 0 saturated heterocycles. The van der Waals surface area contributed by atoms with E-state index in [1.807, 2.05) is 41.9 Å². The zero-order chi connectivity index (χ0) is 17.2. The second kappa shape index (κ2) is 6.51. The molecule has 3 aromatic rings. The summed E-state index contributed by atoms with van der Waals surface area (Å²) in [7, 11) is 0. The summed E-state index contributed by atoms with van der Waals surface area (Å²) in [5.41, 5.74) is 2.28. The minimum atomic E-state index is -0.279. The molecule has 0 atom stereocenters. The summed E-state index contributed by atoms with van der Waals surface area (Å²) >= 11 is 0. The van der Waals surface area contributed by atoms with Gasteiger partial charge in [-0.1, -0.05) is 30.2 Å². The molecule has 1 aromatic carbocycles. The van der Waals surface area contributed by atoms with Crippen LogP contribution in [0.15, 0.2) is 42.7 Å². The molecule has 1 aliphatic carbocycles. The minimum Gasteiger partial charge on any atom is -0.305 e. The van der Waals surface area contributed by atoms with Gasteiger partial charge in [-0.2, -0.15) is 5.10 Å². The van der Waals surface area contributed by atoms with E-state index >= 15 is 0 Å². The molecule has 1 fully saturated rings. The van der Waals surface area contributed by atoms with Gasteiger partial charge in [0.05, 0.1) is 24.1 Å². The summed E-state index contributed by atoms with van der Waals surface area (Å²) < 4.78 is 3.52. The van der Waals surface area contributed by atoms with Crippen LogP contribution < -0.4 is 5.32 Å².